The van der Waals surface area contributed by atoms with Crippen molar-refractivity contribution in [1.82, 2.24) is 9.78 Å². The minimum atomic E-state index is -1.02. The van der Waals surface area contributed by atoms with E-state index < -0.39 is 5.97 Å². The first kappa shape index (κ1) is 20.2. The summed E-state index contributed by atoms with van der Waals surface area (Å²) < 4.78 is 1.59. The maximum Gasteiger partial charge on any atom is 0.339 e. The van der Waals surface area contributed by atoms with Crippen LogP contribution in [0.2, 0.25) is 10.0 Å². The third-order valence-corrected chi connectivity index (χ3v) is 4.86. The quantitative estimate of drug-likeness (QED) is 0.452. The number of allylic oxidation sites excluding steroid dienone is 2. The number of benzene rings is 2. The first-order valence-electron chi connectivity index (χ1n) is 9.04. The molecule has 0 radical (unpaired) electrons. The number of hydrogen-bond donors (Lipinski definition) is 1. The maximum atomic E-state index is 12.2. The van der Waals surface area contributed by atoms with Gasteiger partial charge >= 0.3 is 5.97 Å². The molecule has 2 aromatic carbocycles. The molecule has 28 heavy (non-hydrogen) atoms. The van der Waals surface area contributed by atoms with Crippen LogP contribution < -0.4 is 0 Å². The van der Waals surface area contributed by atoms with Crippen molar-refractivity contribution >= 4 is 29.2 Å². The van der Waals surface area contributed by atoms with Gasteiger partial charge in [-0.25, -0.2) is 9.48 Å². The van der Waals surface area contributed by atoms with E-state index in [1.165, 1.54) is 0 Å². The minimum Gasteiger partial charge on any atom is -0.478 e. The fourth-order valence-corrected chi connectivity index (χ4v) is 3.42. The van der Waals surface area contributed by atoms with E-state index in [0.717, 1.165) is 12.0 Å². The van der Waals surface area contributed by atoms with E-state index in [4.69, 9.17) is 23.2 Å². The monoisotopic (exact) mass is 414 g/mol. The lowest BCUT2D eigenvalue weighted by Gasteiger charge is -2.11. The van der Waals surface area contributed by atoms with E-state index in [1.807, 2.05) is 36.4 Å². The van der Waals surface area contributed by atoms with Crippen molar-refractivity contribution in [3.8, 4) is 16.9 Å². The molecule has 4 nitrogen and oxygen atoms in total. The van der Waals surface area contributed by atoms with Crippen molar-refractivity contribution in [3.63, 3.8) is 0 Å². The lowest BCUT2D eigenvalue weighted by molar-refractivity contribution is 0.0696. The van der Waals surface area contributed by atoms with Crippen LogP contribution in [0.3, 0.4) is 0 Å². The number of aromatic nitrogens is 2. The van der Waals surface area contributed by atoms with Crippen LogP contribution >= 0.6 is 23.2 Å². The Morgan fingerprint density at radius 2 is 1.89 bits per heavy atom. The summed E-state index contributed by atoms with van der Waals surface area (Å²) in [6, 6.07) is 14.4. The molecule has 144 valence electrons. The highest BCUT2D eigenvalue weighted by Gasteiger charge is 2.25. The summed E-state index contributed by atoms with van der Waals surface area (Å²) in [4.78, 5) is 12.2. The van der Waals surface area contributed by atoms with Gasteiger partial charge in [-0.3, -0.25) is 0 Å². The third kappa shape index (κ3) is 4.29. The maximum absolute atomic E-state index is 12.2. The van der Waals surface area contributed by atoms with Crippen molar-refractivity contribution in [3.05, 3.63) is 82.0 Å². The number of carboxylic acids is 1. The van der Waals surface area contributed by atoms with Crippen molar-refractivity contribution in [2.24, 2.45) is 0 Å². The zero-order chi connectivity index (χ0) is 20.1. The summed E-state index contributed by atoms with van der Waals surface area (Å²) in [5.41, 5.74) is 2.49. The van der Waals surface area contributed by atoms with Gasteiger partial charge in [-0.1, -0.05) is 72.6 Å². The van der Waals surface area contributed by atoms with Gasteiger partial charge in [0.2, 0.25) is 0 Å². The molecule has 1 heterocycles. The molecule has 0 aliphatic rings. The van der Waals surface area contributed by atoms with Crippen LogP contribution in [0.4, 0.5) is 0 Å². The molecule has 0 unspecified atom stereocenters. The number of carboxylic acid groups (broad SMARTS) is 1. The van der Waals surface area contributed by atoms with Gasteiger partial charge in [0.05, 0.1) is 22.1 Å². The van der Waals surface area contributed by atoms with E-state index in [-0.39, 0.29) is 5.56 Å². The second kappa shape index (κ2) is 9.09. The van der Waals surface area contributed by atoms with Gasteiger partial charge in [-0.05, 0) is 37.5 Å². The molecule has 1 N–H and O–H groups in total. The molecule has 3 aromatic rings. The van der Waals surface area contributed by atoms with Gasteiger partial charge < -0.3 is 5.11 Å². The molecule has 3 rings (SSSR count). The number of aromatic carboxylic acids is 1. The number of carbonyl (C=O) groups is 1. The minimum absolute atomic E-state index is 0.187. The third-order valence-electron chi connectivity index (χ3n) is 4.31. The fourth-order valence-electron chi connectivity index (χ4n) is 3.05. The Morgan fingerprint density at radius 3 is 2.57 bits per heavy atom. The van der Waals surface area contributed by atoms with Gasteiger partial charge in [0.25, 0.3) is 0 Å². The molecule has 0 saturated carbocycles. The molecule has 0 aliphatic heterocycles. The number of aryl methyl sites for hydroxylation is 1. The molecule has 0 atom stereocenters. The highest BCUT2D eigenvalue weighted by molar-refractivity contribution is 6.34. The molecule has 1 aromatic heterocycles. The summed E-state index contributed by atoms with van der Waals surface area (Å²) in [6.45, 7) is 2.06. The zero-order valence-electron chi connectivity index (χ0n) is 15.4. The Labute approximate surface area is 174 Å². The highest BCUT2D eigenvalue weighted by atomic mass is 35.5. The zero-order valence-corrected chi connectivity index (χ0v) is 16.9. The second-order valence-corrected chi connectivity index (χ2v) is 7.11. The van der Waals surface area contributed by atoms with Crippen LogP contribution in [0.1, 0.15) is 35.8 Å². The number of rotatable bonds is 7. The highest BCUT2D eigenvalue weighted by Crippen LogP contribution is 2.33. The lowest BCUT2D eigenvalue weighted by Crippen LogP contribution is -2.04. The van der Waals surface area contributed by atoms with Crippen molar-refractivity contribution in [2.45, 2.75) is 26.2 Å². The number of hydrogen-bond acceptors (Lipinski definition) is 2. The molecule has 0 fully saturated rings. The first-order valence-corrected chi connectivity index (χ1v) is 9.79. The Bertz CT molecular complexity index is 1010. The van der Waals surface area contributed by atoms with Crippen LogP contribution in [-0.4, -0.2) is 20.9 Å². The Hall–Kier alpha value is -2.56. The summed E-state index contributed by atoms with van der Waals surface area (Å²) in [7, 11) is 0. The predicted molar refractivity (Wildman–Crippen MR) is 114 cm³/mol. The summed E-state index contributed by atoms with van der Waals surface area (Å²) >= 11 is 12.6. The second-order valence-electron chi connectivity index (χ2n) is 6.27. The Balaban J connectivity index is 2.24. The van der Waals surface area contributed by atoms with Crippen LogP contribution in [0.15, 0.2) is 60.7 Å². The summed E-state index contributed by atoms with van der Waals surface area (Å²) in [5.74, 6) is -1.02. The topological polar surface area (TPSA) is 55.1 Å². The van der Waals surface area contributed by atoms with Crippen LogP contribution in [0.25, 0.3) is 16.9 Å². The van der Waals surface area contributed by atoms with Crippen LogP contribution in [-0.2, 0) is 6.42 Å². The first-order chi connectivity index (χ1) is 13.5. The van der Waals surface area contributed by atoms with Crippen molar-refractivity contribution in [2.75, 3.05) is 0 Å². The standard InChI is InChI=1S/C22H20Cl2N2O2/c1-2-3-4-8-11-18-20(22(27)28)21(15-9-6-5-7-10-15)26(25-18)19-14-16(23)12-13-17(19)24/h3-7,9-10,12-14H,2,8,11H2,1H3,(H,27,28). The molecule has 0 saturated heterocycles. The van der Waals surface area contributed by atoms with Gasteiger partial charge in [-0.15, -0.1) is 0 Å². The van der Waals surface area contributed by atoms with Crippen LogP contribution in [0.5, 0.6) is 0 Å². The van der Waals surface area contributed by atoms with E-state index in [9.17, 15) is 9.90 Å². The molecule has 0 amide bonds. The van der Waals surface area contributed by atoms with Gasteiger partial charge in [0.1, 0.15) is 5.56 Å². The average Bonchev–Trinajstić information content (AvgIpc) is 3.07. The predicted octanol–water partition coefficient (Wildman–Crippen LogP) is 6.44. The fraction of sp³-hybridized carbons (Fsp3) is 0.182. The largest absolute Gasteiger partial charge is 0.478 e. The lowest BCUT2D eigenvalue weighted by atomic mass is 10.0. The average molecular weight is 415 g/mol. The summed E-state index contributed by atoms with van der Waals surface area (Å²) in [6.07, 6.45) is 6.27. The van der Waals surface area contributed by atoms with Crippen molar-refractivity contribution < 1.29 is 9.90 Å². The van der Waals surface area contributed by atoms with E-state index in [0.29, 0.717) is 40.0 Å². The molecule has 0 aliphatic carbocycles. The molecule has 6 heteroatoms. The Morgan fingerprint density at radius 1 is 1.14 bits per heavy atom. The smallest absolute Gasteiger partial charge is 0.339 e. The summed E-state index contributed by atoms with van der Waals surface area (Å²) in [5, 5.41) is 15.5. The Kier molecular flexibility index (Phi) is 6.55. The van der Waals surface area contributed by atoms with E-state index in [1.54, 1.807) is 22.9 Å². The molecule has 0 bridgehead atoms. The van der Waals surface area contributed by atoms with Crippen LogP contribution in [0, 0.1) is 0 Å². The molecule has 0 spiro atoms. The molecular weight excluding hydrogens is 395 g/mol. The molecular formula is C22H20Cl2N2O2. The van der Waals surface area contributed by atoms with Gasteiger partial charge in [0, 0.05) is 10.6 Å². The number of halogens is 2. The number of nitrogens with zero attached hydrogens (tertiary/aromatic N) is 2. The van der Waals surface area contributed by atoms with Gasteiger partial charge in [-0.2, -0.15) is 5.10 Å². The SMILES string of the molecule is CCC=CCCc1nn(-c2cc(Cl)ccc2Cl)c(-c2ccccc2)c1C(=O)O. The van der Waals surface area contributed by atoms with Crippen molar-refractivity contribution in [1.29, 1.82) is 0 Å². The normalized spacial score (nSPS) is 11.2. The van der Waals surface area contributed by atoms with Gasteiger partial charge in [0.15, 0.2) is 0 Å². The van der Waals surface area contributed by atoms with E-state index in [2.05, 4.69) is 18.1 Å². The van der Waals surface area contributed by atoms with E-state index >= 15 is 0 Å².